The first-order chi connectivity index (χ1) is 12.6. The molecule has 1 N–H and O–H groups in total. The predicted molar refractivity (Wildman–Crippen MR) is 102 cm³/mol. The molecular formula is C18H23N5O2S. The van der Waals surface area contributed by atoms with Gasteiger partial charge >= 0.3 is 0 Å². The average Bonchev–Trinajstić information content (AvgIpc) is 3.03. The smallest absolute Gasteiger partial charge is 0.233 e. The van der Waals surface area contributed by atoms with Gasteiger partial charge in [0.25, 0.3) is 0 Å². The molecule has 0 unspecified atom stereocenters. The summed E-state index contributed by atoms with van der Waals surface area (Å²) in [5.74, 6) is 0.657. The van der Waals surface area contributed by atoms with E-state index in [0.29, 0.717) is 30.7 Å². The number of rotatable bonds is 8. The number of ether oxygens (including phenoxy) is 1. The lowest BCUT2D eigenvalue weighted by Crippen LogP contribution is -2.32. The Morgan fingerprint density at radius 3 is 2.96 bits per heavy atom. The van der Waals surface area contributed by atoms with Gasteiger partial charge in [-0.3, -0.25) is 4.79 Å². The Labute approximate surface area is 156 Å². The van der Waals surface area contributed by atoms with Gasteiger partial charge < -0.3 is 10.1 Å². The number of thioether (sulfide) groups is 1. The number of aryl methyl sites for hydroxylation is 1. The van der Waals surface area contributed by atoms with Crippen LogP contribution < -0.4 is 5.32 Å². The zero-order valence-electron chi connectivity index (χ0n) is 15.2. The number of carbonyl (C=O) groups excluding carboxylic acids is 1. The van der Waals surface area contributed by atoms with E-state index in [0.717, 1.165) is 23.0 Å². The Hall–Kier alpha value is -2.19. The second kappa shape index (κ2) is 8.46. The topological polar surface area (TPSA) is 81.4 Å². The molecule has 1 aromatic carbocycles. The van der Waals surface area contributed by atoms with E-state index in [1.54, 1.807) is 4.52 Å². The zero-order valence-corrected chi connectivity index (χ0v) is 16.0. The molecule has 0 saturated carbocycles. The van der Waals surface area contributed by atoms with Crippen LogP contribution in [0.2, 0.25) is 0 Å². The number of hydrogen-bond donors (Lipinski definition) is 1. The van der Waals surface area contributed by atoms with Crippen molar-refractivity contribution >= 4 is 34.2 Å². The van der Waals surface area contributed by atoms with Gasteiger partial charge in [0.1, 0.15) is 5.82 Å². The van der Waals surface area contributed by atoms with Crippen molar-refractivity contribution in [3.63, 3.8) is 0 Å². The Balaban J connectivity index is 1.76. The van der Waals surface area contributed by atoms with Crippen LogP contribution in [0.25, 0.3) is 16.6 Å². The lowest BCUT2D eigenvalue weighted by Gasteiger charge is -2.12. The van der Waals surface area contributed by atoms with Gasteiger partial charge in [0.15, 0.2) is 10.8 Å². The first-order valence-corrected chi connectivity index (χ1v) is 9.62. The van der Waals surface area contributed by atoms with Gasteiger partial charge in [-0.2, -0.15) is 4.52 Å². The molecule has 2 aromatic heterocycles. The van der Waals surface area contributed by atoms with Crippen molar-refractivity contribution in [3.05, 3.63) is 30.1 Å². The summed E-state index contributed by atoms with van der Waals surface area (Å²) < 4.78 is 7.00. The highest BCUT2D eigenvalue weighted by molar-refractivity contribution is 8.00. The van der Waals surface area contributed by atoms with Crippen LogP contribution in [-0.2, 0) is 9.53 Å². The SMILES string of the molecule is CCOCCCNC(=O)[C@@H](C)Sc1nc2ccccc2c2nc(C)nn12. The zero-order chi connectivity index (χ0) is 18.5. The van der Waals surface area contributed by atoms with E-state index in [1.165, 1.54) is 11.8 Å². The second-order valence-electron chi connectivity index (χ2n) is 5.91. The Kier molecular flexibility index (Phi) is 6.05. The monoisotopic (exact) mass is 373 g/mol. The third kappa shape index (κ3) is 4.13. The molecule has 8 heteroatoms. The lowest BCUT2D eigenvalue weighted by atomic mass is 10.2. The van der Waals surface area contributed by atoms with Crippen molar-refractivity contribution in [2.45, 2.75) is 37.6 Å². The van der Waals surface area contributed by atoms with Crippen molar-refractivity contribution < 1.29 is 9.53 Å². The summed E-state index contributed by atoms with van der Waals surface area (Å²) in [5, 5.41) is 8.71. The maximum absolute atomic E-state index is 12.3. The number of fused-ring (bicyclic) bond motifs is 3. The molecule has 0 radical (unpaired) electrons. The molecule has 1 atom stereocenters. The molecule has 138 valence electrons. The summed E-state index contributed by atoms with van der Waals surface area (Å²) in [5.41, 5.74) is 1.61. The first kappa shape index (κ1) is 18.6. The van der Waals surface area contributed by atoms with E-state index in [4.69, 9.17) is 4.74 Å². The number of nitrogens with one attached hydrogen (secondary N) is 1. The molecule has 0 spiro atoms. The van der Waals surface area contributed by atoms with Gasteiger partial charge in [0, 0.05) is 25.1 Å². The molecule has 3 aromatic rings. The molecule has 0 aliphatic heterocycles. The van der Waals surface area contributed by atoms with E-state index >= 15 is 0 Å². The van der Waals surface area contributed by atoms with Crippen LogP contribution >= 0.6 is 11.8 Å². The molecule has 26 heavy (non-hydrogen) atoms. The van der Waals surface area contributed by atoms with E-state index in [-0.39, 0.29) is 11.2 Å². The minimum absolute atomic E-state index is 0.0218. The molecule has 3 rings (SSSR count). The third-order valence-corrected chi connectivity index (χ3v) is 4.92. The Morgan fingerprint density at radius 1 is 1.35 bits per heavy atom. The number of nitrogens with zero attached hydrogens (tertiary/aromatic N) is 4. The normalized spacial score (nSPS) is 12.6. The first-order valence-electron chi connectivity index (χ1n) is 8.74. The third-order valence-electron chi connectivity index (χ3n) is 3.88. The molecule has 1 amide bonds. The Bertz CT molecular complexity index is 911. The van der Waals surface area contributed by atoms with Crippen LogP contribution in [0.3, 0.4) is 0 Å². The highest BCUT2D eigenvalue weighted by atomic mass is 32.2. The predicted octanol–water partition coefficient (Wildman–Crippen LogP) is 2.61. The molecular weight excluding hydrogens is 350 g/mol. The van der Waals surface area contributed by atoms with Crippen molar-refractivity contribution in [2.24, 2.45) is 0 Å². The quantitative estimate of drug-likeness (QED) is 0.371. The van der Waals surface area contributed by atoms with Crippen molar-refractivity contribution in [1.82, 2.24) is 24.9 Å². The number of carbonyl (C=O) groups is 1. The van der Waals surface area contributed by atoms with Crippen LogP contribution in [0, 0.1) is 6.92 Å². The van der Waals surface area contributed by atoms with Crippen LogP contribution in [0.5, 0.6) is 0 Å². The largest absolute Gasteiger partial charge is 0.382 e. The molecule has 0 aliphatic rings. The van der Waals surface area contributed by atoms with Gasteiger partial charge in [0.05, 0.1) is 10.8 Å². The minimum atomic E-state index is -0.288. The molecule has 7 nitrogen and oxygen atoms in total. The van der Waals surface area contributed by atoms with Crippen LogP contribution in [0.4, 0.5) is 0 Å². The van der Waals surface area contributed by atoms with Crippen LogP contribution in [0.1, 0.15) is 26.1 Å². The summed E-state index contributed by atoms with van der Waals surface area (Å²) in [4.78, 5) is 21.5. The fraction of sp³-hybridized carbons (Fsp3) is 0.444. The number of aromatic nitrogens is 4. The minimum Gasteiger partial charge on any atom is -0.382 e. The van der Waals surface area contributed by atoms with Crippen molar-refractivity contribution in [2.75, 3.05) is 19.8 Å². The highest BCUT2D eigenvalue weighted by Crippen LogP contribution is 2.26. The van der Waals surface area contributed by atoms with E-state index in [2.05, 4.69) is 20.4 Å². The summed E-state index contributed by atoms with van der Waals surface area (Å²) in [6.45, 7) is 7.64. The number of amides is 1. The number of benzene rings is 1. The molecule has 0 bridgehead atoms. The summed E-state index contributed by atoms with van der Waals surface area (Å²) >= 11 is 1.38. The second-order valence-corrected chi connectivity index (χ2v) is 7.22. The van der Waals surface area contributed by atoms with E-state index < -0.39 is 0 Å². The van der Waals surface area contributed by atoms with E-state index in [1.807, 2.05) is 45.0 Å². The number of hydrogen-bond acceptors (Lipinski definition) is 6. The highest BCUT2D eigenvalue weighted by Gasteiger charge is 2.19. The summed E-state index contributed by atoms with van der Waals surface area (Å²) in [6.07, 6.45) is 0.803. The van der Waals surface area contributed by atoms with Gasteiger partial charge in [-0.15, -0.1) is 5.10 Å². The van der Waals surface area contributed by atoms with Gasteiger partial charge in [-0.05, 0) is 39.3 Å². The average molecular weight is 373 g/mol. The number of para-hydroxylation sites is 1. The maximum Gasteiger partial charge on any atom is 0.233 e. The summed E-state index contributed by atoms with van der Waals surface area (Å²) in [6, 6.07) is 7.83. The lowest BCUT2D eigenvalue weighted by molar-refractivity contribution is -0.120. The molecule has 0 fully saturated rings. The van der Waals surface area contributed by atoms with Gasteiger partial charge in [-0.1, -0.05) is 23.9 Å². The van der Waals surface area contributed by atoms with Gasteiger partial charge in [0.2, 0.25) is 5.91 Å². The fourth-order valence-corrected chi connectivity index (χ4v) is 3.48. The Morgan fingerprint density at radius 2 is 2.15 bits per heavy atom. The standard InChI is InChI=1S/C18H23N5O2S/c1-4-25-11-7-10-19-17(24)12(2)26-18-21-15-9-6-5-8-14(15)16-20-13(3)22-23(16)18/h5-6,8-9,12H,4,7,10-11H2,1-3H3,(H,19,24)/t12-/m1/s1. The van der Waals surface area contributed by atoms with Crippen molar-refractivity contribution in [1.29, 1.82) is 0 Å². The molecule has 0 saturated heterocycles. The maximum atomic E-state index is 12.3. The fourth-order valence-electron chi connectivity index (χ4n) is 2.60. The van der Waals surface area contributed by atoms with Crippen LogP contribution in [-0.4, -0.2) is 50.5 Å². The molecule has 0 aliphatic carbocycles. The summed E-state index contributed by atoms with van der Waals surface area (Å²) in [7, 11) is 0. The van der Waals surface area contributed by atoms with E-state index in [9.17, 15) is 4.79 Å². The van der Waals surface area contributed by atoms with Crippen LogP contribution in [0.15, 0.2) is 29.4 Å². The molecule has 2 heterocycles. The van der Waals surface area contributed by atoms with Gasteiger partial charge in [-0.25, -0.2) is 9.97 Å². The van der Waals surface area contributed by atoms with Crippen molar-refractivity contribution in [3.8, 4) is 0 Å².